The summed E-state index contributed by atoms with van der Waals surface area (Å²) in [6.45, 7) is 2.75. The zero-order chi connectivity index (χ0) is 14.8. The molecule has 1 heterocycles. The largest absolute Gasteiger partial charge is 0.493 e. The van der Waals surface area contributed by atoms with Gasteiger partial charge in [0.25, 0.3) is 0 Å². The Morgan fingerprint density at radius 2 is 2.14 bits per heavy atom. The summed E-state index contributed by atoms with van der Waals surface area (Å²) in [7, 11) is 0. The van der Waals surface area contributed by atoms with Gasteiger partial charge in [-0.1, -0.05) is 28.1 Å². The van der Waals surface area contributed by atoms with Crippen LogP contribution in [0.25, 0.3) is 0 Å². The van der Waals surface area contributed by atoms with Crippen molar-refractivity contribution in [1.82, 2.24) is 5.32 Å². The molecule has 0 saturated carbocycles. The van der Waals surface area contributed by atoms with E-state index in [2.05, 4.69) is 34.2 Å². The summed E-state index contributed by atoms with van der Waals surface area (Å²) in [5, 5.41) is 3.58. The minimum absolute atomic E-state index is 0.0793. The lowest BCUT2D eigenvalue weighted by molar-refractivity contribution is 0.246. The number of ether oxygens (including phenoxy) is 1. The quantitative estimate of drug-likeness (QED) is 0.862. The van der Waals surface area contributed by atoms with Gasteiger partial charge in [-0.15, -0.1) is 0 Å². The highest BCUT2D eigenvalue weighted by Crippen LogP contribution is 2.35. The van der Waals surface area contributed by atoms with Gasteiger partial charge >= 0.3 is 0 Å². The zero-order valence-electron chi connectivity index (χ0n) is 11.8. The summed E-state index contributed by atoms with van der Waals surface area (Å²) in [6, 6.07) is 13.1. The van der Waals surface area contributed by atoms with Crippen molar-refractivity contribution in [2.24, 2.45) is 0 Å². The second kappa shape index (κ2) is 6.16. The summed E-state index contributed by atoms with van der Waals surface area (Å²) >= 11 is 3.51. The Morgan fingerprint density at radius 1 is 1.29 bits per heavy atom. The van der Waals surface area contributed by atoms with E-state index < -0.39 is 0 Å². The number of rotatable bonds is 3. The van der Waals surface area contributed by atoms with E-state index in [1.54, 1.807) is 12.1 Å². The van der Waals surface area contributed by atoms with Crippen molar-refractivity contribution in [3.8, 4) is 5.75 Å². The fourth-order valence-electron chi connectivity index (χ4n) is 2.71. The second-order valence-electron chi connectivity index (χ2n) is 5.32. The van der Waals surface area contributed by atoms with Gasteiger partial charge in [-0.05, 0) is 42.8 Å². The van der Waals surface area contributed by atoms with Crippen LogP contribution in [0.15, 0.2) is 46.9 Å². The lowest BCUT2D eigenvalue weighted by Crippen LogP contribution is -2.29. The third-order valence-corrected chi connectivity index (χ3v) is 4.30. The number of fused-ring (bicyclic) bond motifs is 1. The molecule has 21 heavy (non-hydrogen) atoms. The van der Waals surface area contributed by atoms with Crippen LogP contribution in [-0.4, -0.2) is 6.61 Å². The Morgan fingerprint density at radius 3 is 2.95 bits per heavy atom. The van der Waals surface area contributed by atoms with E-state index in [4.69, 9.17) is 4.74 Å². The summed E-state index contributed by atoms with van der Waals surface area (Å²) in [5.74, 6) is 0.727. The molecule has 0 fully saturated rings. The Hall–Kier alpha value is -1.39. The molecule has 110 valence electrons. The van der Waals surface area contributed by atoms with Crippen molar-refractivity contribution in [2.45, 2.75) is 25.4 Å². The van der Waals surface area contributed by atoms with Crippen molar-refractivity contribution in [3.63, 3.8) is 0 Å². The second-order valence-corrected chi connectivity index (χ2v) is 6.23. The maximum Gasteiger partial charge on any atom is 0.124 e. The number of hydrogen-bond donors (Lipinski definition) is 1. The molecule has 2 aromatic rings. The third-order valence-electron chi connectivity index (χ3n) is 3.81. The number of halogens is 2. The predicted molar refractivity (Wildman–Crippen MR) is 84.9 cm³/mol. The van der Waals surface area contributed by atoms with Crippen LogP contribution in [0.4, 0.5) is 4.39 Å². The molecule has 0 aromatic heterocycles. The van der Waals surface area contributed by atoms with Crippen LogP contribution in [0.2, 0.25) is 0 Å². The van der Waals surface area contributed by atoms with Gasteiger partial charge in [0.2, 0.25) is 0 Å². The molecule has 0 saturated heterocycles. The fourth-order valence-corrected chi connectivity index (χ4v) is 3.09. The standard InChI is InChI=1S/C17H17BrFNO/c1-11(12-3-2-4-14(19)9-12)20-16-7-8-21-17-6-5-13(18)10-15(16)17/h2-6,9-11,16,20H,7-8H2,1H3/t11-,16?/m1/s1. The van der Waals surface area contributed by atoms with Crippen molar-refractivity contribution >= 4 is 15.9 Å². The van der Waals surface area contributed by atoms with Crippen LogP contribution >= 0.6 is 15.9 Å². The maximum absolute atomic E-state index is 13.3. The monoisotopic (exact) mass is 349 g/mol. The van der Waals surface area contributed by atoms with Gasteiger partial charge in [0.15, 0.2) is 0 Å². The zero-order valence-corrected chi connectivity index (χ0v) is 13.4. The molecule has 1 aliphatic heterocycles. The van der Waals surface area contributed by atoms with Gasteiger partial charge in [0.1, 0.15) is 11.6 Å². The SMILES string of the molecule is C[C@@H](NC1CCOc2ccc(Br)cc21)c1cccc(F)c1. The molecule has 4 heteroatoms. The third kappa shape index (κ3) is 3.27. The lowest BCUT2D eigenvalue weighted by atomic mass is 9.98. The average Bonchev–Trinajstić information content (AvgIpc) is 2.48. The van der Waals surface area contributed by atoms with Crippen LogP contribution in [-0.2, 0) is 0 Å². The fraction of sp³-hybridized carbons (Fsp3) is 0.294. The maximum atomic E-state index is 13.3. The highest BCUT2D eigenvalue weighted by atomic mass is 79.9. The van der Waals surface area contributed by atoms with E-state index in [0.29, 0.717) is 6.61 Å². The summed E-state index contributed by atoms with van der Waals surface area (Å²) in [5.41, 5.74) is 2.11. The van der Waals surface area contributed by atoms with Gasteiger partial charge in [-0.2, -0.15) is 0 Å². The van der Waals surface area contributed by atoms with Crippen LogP contribution in [0, 0.1) is 5.82 Å². The van der Waals surface area contributed by atoms with Crippen LogP contribution in [0.3, 0.4) is 0 Å². The van der Waals surface area contributed by atoms with Crippen molar-refractivity contribution in [3.05, 3.63) is 63.9 Å². The first-order valence-electron chi connectivity index (χ1n) is 7.07. The van der Waals surface area contributed by atoms with E-state index in [9.17, 15) is 4.39 Å². The smallest absolute Gasteiger partial charge is 0.124 e. The Labute approximate surface area is 132 Å². The van der Waals surface area contributed by atoms with Crippen LogP contribution < -0.4 is 10.1 Å². The van der Waals surface area contributed by atoms with Crippen molar-refractivity contribution in [2.75, 3.05) is 6.61 Å². The first kappa shape index (κ1) is 14.5. The first-order chi connectivity index (χ1) is 10.1. The Kier molecular flexibility index (Phi) is 4.27. The molecule has 0 amide bonds. The molecule has 0 radical (unpaired) electrons. The molecule has 1 unspecified atom stereocenters. The van der Waals surface area contributed by atoms with E-state index >= 15 is 0 Å². The molecule has 1 N–H and O–H groups in total. The van der Waals surface area contributed by atoms with E-state index in [1.165, 1.54) is 6.07 Å². The summed E-state index contributed by atoms with van der Waals surface area (Å²) in [6.07, 6.45) is 0.906. The van der Waals surface area contributed by atoms with Gasteiger partial charge in [-0.25, -0.2) is 4.39 Å². The van der Waals surface area contributed by atoms with Crippen molar-refractivity contribution < 1.29 is 9.13 Å². The molecular formula is C17H17BrFNO. The summed E-state index contributed by atoms with van der Waals surface area (Å²) < 4.78 is 20.1. The molecule has 0 bridgehead atoms. The predicted octanol–water partition coefficient (Wildman–Crippen LogP) is 4.76. The molecular weight excluding hydrogens is 333 g/mol. The van der Waals surface area contributed by atoms with E-state index in [-0.39, 0.29) is 17.9 Å². The number of nitrogens with one attached hydrogen (secondary N) is 1. The van der Waals surface area contributed by atoms with E-state index in [0.717, 1.165) is 27.8 Å². The van der Waals surface area contributed by atoms with Gasteiger partial charge in [-0.3, -0.25) is 0 Å². The molecule has 2 atom stereocenters. The number of benzene rings is 2. The Balaban J connectivity index is 1.81. The van der Waals surface area contributed by atoms with Crippen molar-refractivity contribution in [1.29, 1.82) is 0 Å². The van der Waals surface area contributed by atoms with Crippen LogP contribution in [0.5, 0.6) is 5.75 Å². The molecule has 0 aliphatic carbocycles. The normalized spacial score (nSPS) is 18.7. The molecule has 2 aromatic carbocycles. The summed E-state index contributed by atoms with van der Waals surface area (Å²) in [4.78, 5) is 0. The average molecular weight is 350 g/mol. The minimum Gasteiger partial charge on any atom is -0.493 e. The highest BCUT2D eigenvalue weighted by molar-refractivity contribution is 9.10. The Bertz CT molecular complexity index is 646. The van der Waals surface area contributed by atoms with Crippen LogP contribution in [0.1, 0.15) is 36.6 Å². The lowest BCUT2D eigenvalue weighted by Gasteiger charge is -2.29. The topological polar surface area (TPSA) is 21.3 Å². The molecule has 2 nitrogen and oxygen atoms in total. The van der Waals surface area contributed by atoms with Gasteiger partial charge < -0.3 is 10.1 Å². The minimum atomic E-state index is -0.198. The molecule has 1 aliphatic rings. The highest BCUT2D eigenvalue weighted by Gasteiger charge is 2.23. The number of hydrogen-bond acceptors (Lipinski definition) is 2. The van der Waals surface area contributed by atoms with E-state index in [1.807, 2.05) is 18.2 Å². The molecule has 3 rings (SSSR count). The molecule has 0 spiro atoms. The first-order valence-corrected chi connectivity index (χ1v) is 7.86. The van der Waals surface area contributed by atoms with Gasteiger partial charge in [0, 0.05) is 28.5 Å². The van der Waals surface area contributed by atoms with Gasteiger partial charge in [0.05, 0.1) is 6.61 Å².